The fraction of sp³-hybridized carbons (Fsp3) is 0.368. The molecule has 0 saturated heterocycles. The van der Waals surface area contributed by atoms with Crippen LogP contribution in [0.25, 0.3) is 0 Å². The minimum Gasteiger partial charge on any atom is -0.385 e. The highest BCUT2D eigenvalue weighted by Crippen LogP contribution is 2.16. The van der Waals surface area contributed by atoms with Crippen molar-refractivity contribution >= 4 is 11.4 Å². The van der Waals surface area contributed by atoms with Gasteiger partial charge in [-0.15, -0.1) is 0 Å². The molecule has 23 heavy (non-hydrogen) atoms. The molecule has 2 aromatic carbocycles. The van der Waals surface area contributed by atoms with E-state index in [1.807, 2.05) is 0 Å². The summed E-state index contributed by atoms with van der Waals surface area (Å²) in [5.74, 6) is 0. The van der Waals surface area contributed by atoms with Crippen molar-refractivity contribution in [1.82, 2.24) is 0 Å². The van der Waals surface area contributed by atoms with E-state index in [0.29, 0.717) is 0 Å². The van der Waals surface area contributed by atoms with Gasteiger partial charge in [-0.1, -0.05) is 24.3 Å². The van der Waals surface area contributed by atoms with E-state index >= 15 is 0 Å². The van der Waals surface area contributed by atoms with Crippen LogP contribution in [0, 0.1) is 0 Å². The van der Waals surface area contributed by atoms with Gasteiger partial charge in [0.15, 0.2) is 0 Å². The minimum atomic E-state index is 0.724. The molecule has 0 bridgehead atoms. The highest BCUT2D eigenvalue weighted by molar-refractivity contribution is 5.47. The molecular formula is C19H28N4. The molecule has 0 aliphatic carbocycles. The van der Waals surface area contributed by atoms with Crippen LogP contribution in [0.4, 0.5) is 11.4 Å². The predicted octanol–water partition coefficient (Wildman–Crippen LogP) is 2.80. The Morgan fingerprint density at radius 2 is 1.00 bits per heavy atom. The van der Waals surface area contributed by atoms with E-state index in [1.165, 1.54) is 11.1 Å². The summed E-state index contributed by atoms with van der Waals surface area (Å²) < 4.78 is 0. The van der Waals surface area contributed by atoms with Gasteiger partial charge in [-0.2, -0.15) is 0 Å². The Labute approximate surface area is 139 Å². The lowest BCUT2D eigenvalue weighted by Gasteiger charge is -2.08. The Morgan fingerprint density at radius 1 is 0.609 bits per heavy atom. The van der Waals surface area contributed by atoms with Crippen LogP contribution < -0.4 is 22.1 Å². The standard InChI is InChI=1S/C19H28N4/c20-11-1-13-22-18-7-3-16(4-8-18)15-17-5-9-19(10-6-17)23-14-2-12-21/h3-10,22-23H,1-2,11-15,20-21H2. The van der Waals surface area contributed by atoms with Gasteiger partial charge in [0.05, 0.1) is 0 Å². The number of hydrogen-bond acceptors (Lipinski definition) is 4. The van der Waals surface area contributed by atoms with Gasteiger partial charge in [0.2, 0.25) is 0 Å². The molecule has 0 saturated carbocycles. The minimum absolute atomic E-state index is 0.724. The Bertz CT molecular complexity index is 497. The Hall–Kier alpha value is -2.04. The van der Waals surface area contributed by atoms with Crippen molar-refractivity contribution in [2.45, 2.75) is 19.3 Å². The average molecular weight is 312 g/mol. The van der Waals surface area contributed by atoms with E-state index in [4.69, 9.17) is 11.5 Å². The number of nitrogens with one attached hydrogen (secondary N) is 2. The van der Waals surface area contributed by atoms with Crippen LogP contribution >= 0.6 is 0 Å². The van der Waals surface area contributed by atoms with Crippen molar-refractivity contribution < 1.29 is 0 Å². The summed E-state index contributed by atoms with van der Waals surface area (Å²) in [7, 11) is 0. The van der Waals surface area contributed by atoms with E-state index in [0.717, 1.165) is 56.8 Å². The fourth-order valence-corrected chi connectivity index (χ4v) is 2.39. The molecule has 4 nitrogen and oxygen atoms in total. The quantitative estimate of drug-likeness (QED) is 0.509. The Kier molecular flexibility index (Phi) is 7.43. The van der Waals surface area contributed by atoms with Crippen LogP contribution in [0.1, 0.15) is 24.0 Å². The van der Waals surface area contributed by atoms with Crippen molar-refractivity contribution in [2.75, 3.05) is 36.8 Å². The van der Waals surface area contributed by atoms with Crippen molar-refractivity contribution in [1.29, 1.82) is 0 Å². The molecule has 0 heterocycles. The summed E-state index contributed by atoms with van der Waals surface area (Å²) in [5, 5.41) is 6.74. The van der Waals surface area contributed by atoms with E-state index in [-0.39, 0.29) is 0 Å². The van der Waals surface area contributed by atoms with Crippen molar-refractivity contribution in [2.24, 2.45) is 11.5 Å². The third-order valence-corrected chi connectivity index (χ3v) is 3.74. The largest absolute Gasteiger partial charge is 0.385 e. The second kappa shape index (κ2) is 9.87. The number of rotatable bonds is 10. The van der Waals surface area contributed by atoms with Gasteiger partial charge in [0.25, 0.3) is 0 Å². The van der Waals surface area contributed by atoms with Crippen LogP contribution in [0.3, 0.4) is 0 Å². The number of nitrogens with two attached hydrogens (primary N) is 2. The van der Waals surface area contributed by atoms with Gasteiger partial charge in [-0.3, -0.25) is 0 Å². The second-order valence-corrected chi connectivity index (χ2v) is 5.71. The van der Waals surface area contributed by atoms with Crippen molar-refractivity contribution in [3.8, 4) is 0 Å². The van der Waals surface area contributed by atoms with Gasteiger partial charge in [0, 0.05) is 24.5 Å². The molecule has 0 spiro atoms. The van der Waals surface area contributed by atoms with Gasteiger partial charge < -0.3 is 22.1 Å². The number of benzene rings is 2. The number of hydrogen-bond donors (Lipinski definition) is 4. The molecule has 0 aliphatic heterocycles. The predicted molar refractivity (Wildman–Crippen MR) is 100 cm³/mol. The molecule has 2 aromatic rings. The first-order valence-corrected chi connectivity index (χ1v) is 8.37. The summed E-state index contributed by atoms with van der Waals surface area (Å²) in [5.41, 5.74) is 15.9. The highest BCUT2D eigenvalue weighted by Gasteiger charge is 1.98. The third kappa shape index (κ3) is 6.30. The topological polar surface area (TPSA) is 76.1 Å². The van der Waals surface area contributed by atoms with Crippen LogP contribution in [0.2, 0.25) is 0 Å². The molecule has 0 aromatic heterocycles. The van der Waals surface area contributed by atoms with E-state index in [1.54, 1.807) is 0 Å². The van der Waals surface area contributed by atoms with Crippen molar-refractivity contribution in [3.05, 3.63) is 59.7 Å². The molecule has 0 aliphatic rings. The first-order valence-electron chi connectivity index (χ1n) is 8.37. The monoisotopic (exact) mass is 312 g/mol. The Morgan fingerprint density at radius 3 is 1.35 bits per heavy atom. The zero-order chi connectivity index (χ0) is 16.3. The smallest absolute Gasteiger partial charge is 0.0340 e. The average Bonchev–Trinajstić information content (AvgIpc) is 2.58. The van der Waals surface area contributed by atoms with E-state index in [2.05, 4.69) is 59.2 Å². The van der Waals surface area contributed by atoms with Gasteiger partial charge in [0.1, 0.15) is 0 Å². The molecule has 6 N–H and O–H groups in total. The van der Waals surface area contributed by atoms with Gasteiger partial charge in [-0.05, 0) is 67.7 Å². The maximum atomic E-state index is 5.50. The lowest BCUT2D eigenvalue weighted by atomic mass is 10.0. The summed E-state index contributed by atoms with van der Waals surface area (Å²) in [6, 6.07) is 17.2. The molecule has 0 radical (unpaired) electrons. The maximum absolute atomic E-state index is 5.50. The van der Waals surface area contributed by atoms with Crippen LogP contribution in [0.15, 0.2) is 48.5 Å². The van der Waals surface area contributed by atoms with E-state index in [9.17, 15) is 0 Å². The maximum Gasteiger partial charge on any atom is 0.0340 e. The molecular weight excluding hydrogens is 284 g/mol. The molecule has 124 valence electrons. The van der Waals surface area contributed by atoms with Crippen LogP contribution in [-0.4, -0.2) is 26.2 Å². The second-order valence-electron chi connectivity index (χ2n) is 5.71. The van der Waals surface area contributed by atoms with E-state index < -0.39 is 0 Å². The fourth-order valence-electron chi connectivity index (χ4n) is 2.39. The lowest BCUT2D eigenvalue weighted by molar-refractivity contribution is 0.874. The first kappa shape index (κ1) is 17.3. The molecule has 0 atom stereocenters. The molecule has 2 rings (SSSR count). The molecule has 0 fully saturated rings. The zero-order valence-corrected chi connectivity index (χ0v) is 13.7. The van der Waals surface area contributed by atoms with Crippen molar-refractivity contribution in [3.63, 3.8) is 0 Å². The third-order valence-electron chi connectivity index (χ3n) is 3.74. The summed E-state index contributed by atoms with van der Waals surface area (Å²) in [4.78, 5) is 0. The first-order chi connectivity index (χ1) is 11.3. The summed E-state index contributed by atoms with van der Waals surface area (Å²) in [6.07, 6.45) is 2.94. The highest BCUT2D eigenvalue weighted by atomic mass is 14.9. The molecule has 0 unspecified atom stereocenters. The number of anilines is 2. The Balaban J connectivity index is 1.84. The zero-order valence-electron chi connectivity index (χ0n) is 13.7. The van der Waals surface area contributed by atoms with Gasteiger partial charge >= 0.3 is 0 Å². The summed E-state index contributed by atoms with van der Waals surface area (Å²) >= 11 is 0. The lowest BCUT2D eigenvalue weighted by Crippen LogP contribution is -2.08. The van der Waals surface area contributed by atoms with Gasteiger partial charge in [-0.25, -0.2) is 0 Å². The molecule has 0 amide bonds. The SMILES string of the molecule is NCCCNc1ccc(Cc2ccc(NCCCN)cc2)cc1. The summed E-state index contributed by atoms with van der Waals surface area (Å²) in [6.45, 7) is 3.30. The van der Waals surface area contributed by atoms with Crippen LogP contribution in [0.5, 0.6) is 0 Å². The van der Waals surface area contributed by atoms with Crippen LogP contribution in [-0.2, 0) is 6.42 Å². The normalized spacial score (nSPS) is 10.5. The molecule has 4 heteroatoms.